The van der Waals surface area contributed by atoms with Gasteiger partial charge in [-0.15, -0.1) is 0 Å². The lowest BCUT2D eigenvalue weighted by atomic mass is 9.95. The highest BCUT2D eigenvalue weighted by Crippen LogP contribution is 2.28. The number of carbonyl (C=O) groups is 2. The van der Waals surface area contributed by atoms with E-state index in [1.807, 2.05) is 0 Å². The second-order valence-electron chi connectivity index (χ2n) is 5.35. The van der Waals surface area contributed by atoms with E-state index < -0.39 is 18.3 Å². The van der Waals surface area contributed by atoms with E-state index in [9.17, 15) is 18.4 Å². The molecule has 126 valence electrons. The summed E-state index contributed by atoms with van der Waals surface area (Å²) in [6.45, 7) is -0.400. The SMILES string of the molecule is O=C(COC(=O)c1ccccc1SC(F)F)NC1CCCCC1. The minimum Gasteiger partial charge on any atom is -0.452 e. The van der Waals surface area contributed by atoms with Gasteiger partial charge in [0.1, 0.15) is 0 Å². The summed E-state index contributed by atoms with van der Waals surface area (Å²) in [4.78, 5) is 23.9. The van der Waals surface area contributed by atoms with Gasteiger partial charge in [0.05, 0.1) is 5.56 Å². The van der Waals surface area contributed by atoms with E-state index in [4.69, 9.17) is 4.74 Å². The Labute approximate surface area is 138 Å². The van der Waals surface area contributed by atoms with E-state index in [-0.39, 0.29) is 34.2 Å². The third-order valence-electron chi connectivity index (χ3n) is 3.63. The molecule has 0 heterocycles. The minimum absolute atomic E-state index is 0.0447. The molecule has 1 fully saturated rings. The monoisotopic (exact) mass is 343 g/mol. The van der Waals surface area contributed by atoms with Gasteiger partial charge in [-0.2, -0.15) is 8.78 Å². The van der Waals surface area contributed by atoms with Crippen LogP contribution in [0.3, 0.4) is 0 Å². The van der Waals surface area contributed by atoms with Crippen molar-refractivity contribution in [2.24, 2.45) is 0 Å². The van der Waals surface area contributed by atoms with E-state index in [2.05, 4.69) is 5.32 Å². The number of thioether (sulfide) groups is 1. The van der Waals surface area contributed by atoms with Gasteiger partial charge in [-0.1, -0.05) is 43.2 Å². The van der Waals surface area contributed by atoms with Crippen LogP contribution in [0.15, 0.2) is 29.2 Å². The third-order valence-corrected chi connectivity index (χ3v) is 4.42. The molecule has 23 heavy (non-hydrogen) atoms. The Morgan fingerprint density at radius 3 is 2.61 bits per heavy atom. The highest BCUT2D eigenvalue weighted by molar-refractivity contribution is 7.99. The summed E-state index contributed by atoms with van der Waals surface area (Å²) in [6, 6.07) is 6.10. The van der Waals surface area contributed by atoms with Gasteiger partial charge in [-0.3, -0.25) is 4.79 Å². The van der Waals surface area contributed by atoms with Crippen molar-refractivity contribution in [1.82, 2.24) is 5.32 Å². The van der Waals surface area contributed by atoms with Crippen LogP contribution < -0.4 is 5.32 Å². The number of rotatable bonds is 6. The first-order chi connectivity index (χ1) is 11.1. The molecule has 0 radical (unpaired) electrons. The molecule has 0 saturated heterocycles. The average molecular weight is 343 g/mol. The molecule has 1 aromatic rings. The Hall–Kier alpha value is -1.63. The summed E-state index contributed by atoms with van der Waals surface area (Å²) >= 11 is 0.281. The first-order valence-electron chi connectivity index (χ1n) is 7.56. The first-order valence-corrected chi connectivity index (χ1v) is 8.44. The van der Waals surface area contributed by atoms with E-state index in [0.717, 1.165) is 25.7 Å². The van der Waals surface area contributed by atoms with Gasteiger partial charge in [-0.05, 0) is 25.0 Å². The van der Waals surface area contributed by atoms with Crippen LogP contribution in [0.2, 0.25) is 0 Å². The molecule has 4 nitrogen and oxygen atoms in total. The van der Waals surface area contributed by atoms with Crippen molar-refractivity contribution in [1.29, 1.82) is 0 Å². The topological polar surface area (TPSA) is 55.4 Å². The Morgan fingerprint density at radius 2 is 1.91 bits per heavy atom. The smallest absolute Gasteiger partial charge is 0.339 e. The molecule has 0 bridgehead atoms. The van der Waals surface area contributed by atoms with E-state index in [1.165, 1.54) is 18.6 Å². The summed E-state index contributed by atoms with van der Waals surface area (Å²) in [7, 11) is 0. The Bertz CT molecular complexity index is 548. The molecule has 1 aliphatic rings. The highest BCUT2D eigenvalue weighted by atomic mass is 32.2. The second kappa shape index (κ2) is 8.86. The fourth-order valence-electron chi connectivity index (χ4n) is 2.56. The van der Waals surface area contributed by atoms with Gasteiger partial charge in [0.25, 0.3) is 11.7 Å². The van der Waals surface area contributed by atoms with Crippen LogP contribution in [0.25, 0.3) is 0 Å². The van der Waals surface area contributed by atoms with Crippen molar-refractivity contribution in [3.63, 3.8) is 0 Å². The quantitative estimate of drug-likeness (QED) is 0.633. The number of carbonyl (C=O) groups excluding carboxylic acids is 2. The van der Waals surface area contributed by atoms with Gasteiger partial charge in [0.15, 0.2) is 6.61 Å². The predicted molar refractivity (Wildman–Crippen MR) is 83.6 cm³/mol. The number of nitrogens with one attached hydrogen (secondary N) is 1. The predicted octanol–water partition coefficient (Wildman–Crippen LogP) is 3.61. The maximum Gasteiger partial charge on any atom is 0.339 e. The molecule has 7 heteroatoms. The molecule has 0 unspecified atom stereocenters. The van der Waals surface area contributed by atoms with Gasteiger partial charge in [0, 0.05) is 10.9 Å². The molecular formula is C16H19F2NO3S. The number of amides is 1. The normalized spacial score (nSPS) is 15.4. The molecule has 0 atom stereocenters. The van der Waals surface area contributed by atoms with Crippen molar-refractivity contribution in [2.45, 2.75) is 48.8 Å². The number of esters is 1. The van der Waals surface area contributed by atoms with Crippen LogP contribution >= 0.6 is 11.8 Å². The largest absolute Gasteiger partial charge is 0.452 e. The maximum atomic E-state index is 12.5. The van der Waals surface area contributed by atoms with Crippen molar-refractivity contribution < 1.29 is 23.1 Å². The number of ether oxygens (including phenoxy) is 1. The lowest BCUT2D eigenvalue weighted by molar-refractivity contribution is -0.125. The Kier molecular flexibility index (Phi) is 6.83. The van der Waals surface area contributed by atoms with Crippen LogP contribution in [0.1, 0.15) is 42.5 Å². The second-order valence-corrected chi connectivity index (χ2v) is 6.39. The number of alkyl halides is 2. The summed E-state index contributed by atoms with van der Waals surface area (Å²) in [5.41, 5.74) is 0.0447. The molecule has 1 saturated carbocycles. The first kappa shape index (κ1) is 17.7. The lowest BCUT2D eigenvalue weighted by Crippen LogP contribution is -2.38. The zero-order valence-corrected chi connectivity index (χ0v) is 13.4. The fourth-order valence-corrected chi connectivity index (χ4v) is 3.19. The van der Waals surface area contributed by atoms with E-state index in [0.29, 0.717) is 0 Å². The zero-order chi connectivity index (χ0) is 16.7. The van der Waals surface area contributed by atoms with Crippen molar-refractivity contribution in [3.05, 3.63) is 29.8 Å². The average Bonchev–Trinajstić information content (AvgIpc) is 2.53. The van der Waals surface area contributed by atoms with Gasteiger partial charge < -0.3 is 10.1 Å². The van der Waals surface area contributed by atoms with Gasteiger partial charge in [-0.25, -0.2) is 4.79 Å². The Morgan fingerprint density at radius 1 is 1.22 bits per heavy atom. The van der Waals surface area contributed by atoms with Crippen LogP contribution in [-0.2, 0) is 9.53 Å². The van der Waals surface area contributed by atoms with Crippen LogP contribution in [0.5, 0.6) is 0 Å². The minimum atomic E-state index is -2.63. The summed E-state index contributed by atoms with van der Waals surface area (Å²) in [6.07, 6.45) is 5.23. The molecule has 1 N–H and O–H groups in total. The summed E-state index contributed by atoms with van der Waals surface area (Å²) in [5, 5.41) is 2.83. The molecule has 2 rings (SSSR count). The van der Waals surface area contributed by atoms with Crippen molar-refractivity contribution in [3.8, 4) is 0 Å². The number of benzene rings is 1. The summed E-state index contributed by atoms with van der Waals surface area (Å²) < 4.78 is 29.9. The molecule has 0 aliphatic heterocycles. The molecule has 0 spiro atoms. The van der Waals surface area contributed by atoms with E-state index >= 15 is 0 Å². The van der Waals surface area contributed by atoms with Crippen molar-refractivity contribution >= 4 is 23.6 Å². The maximum absolute atomic E-state index is 12.5. The van der Waals surface area contributed by atoms with E-state index in [1.54, 1.807) is 12.1 Å². The highest BCUT2D eigenvalue weighted by Gasteiger charge is 2.19. The molecule has 1 amide bonds. The van der Waals surface area contributed by atoms with Gasteiger partial charge >= 0.3 is 5.97 Å². The lowest BCUT2D eigenvalue weighted by Gasteiger charge is -2.22. The van der Waals surface area contributed by atoms with Gasteiger partial charge in [0.2, 0.25) is 0 Å². The van der Waals surface area contributed by atoms with Crippen LogP contribution in [0.4, 0.5) is 8.78 Å². The zero-order valence-electron chi connectivity index (χ0n) is 12.6. The molecule has 1 aromatic carbocycles. The third kappa shape index (κ3) is 5.82. The van der Waals surface area contributed by atoms with Crippen LogP contribution in [-0.4, -0.2) is 30.3 Å². The summed E-state index contributed by atoms with van der Waals surface area (Å²) in [5.74, 6) is -3.75. The number of halogens is 2. The fraction of sp³-hybridized carbons (Fsp3) is 0.500. The van der Waals surface area contributed by atoms with Crippen LogP contribution in [0, 0.1) is 0 Å². The molecule has 1 aliphatic carbocycles. The van der Waals surface area contributed by atoms with Crippen molar-refractivity contribution in [2.75, 3.05) is 6.61 Å². The number of hydrogen-bond donors (Lipinski definition) is 1. The molecular weight excluding hydrogens is 324 g/mol. The number of hydrogen-bond acceptors (Lipinski definition) is 4. The Balaban J connectivity index is 1.85. The molecule has 0 aromatic heterocycles. The standard InChI is InChI=1S/C16H19F2NO3S/c17-16(18)23-13-9-5-4-8-12(13)15(21)22-10-14(20)19-11-6-2-1-3-7-11/h4-5,8-9,11,16H,1-3,6-7,10H2,(H,19,20).